The molecule has 2 aliphatic heterocycles. The van der Waals surface area contributed by atoms with Gasteiger partial charge in [0.2, 0.25) is 5.67 Å². The number of hydrogen-bond acceptors (Lipinski definition) is 6. The van der Waals surface area contributed by atoms with Crippen LogP contribution in [0.2, 0.25) is 0 Å². The lowest BCUT2D eigenvalue weighted by molar-refractivity contribution is -0.179. The average Bonchev–Trinajstić information content (AvgIpc) is 3.26. The minimum absolute atomic E-state index is 0.00589. The Balaban J connectivity index is 1.75. The van der Waals surface area contributed by atoms with Gasteiger partial charge in [0.1, 0.15) is 11.7 Å². The van der Waals surface area contributed by atoms with Crippen LogP contribution in [0.25, 0.3) is 10.9 Å². The second-order valence-electron chi connectivity index (χ2n) is 10.7. The van der Waals surface area contributed by atoms with Crippen LogP contribution in [0, 0.1) is 17.2 Å². The molecule has 4 rings (SSSR count). The summed E-state index contributed by atoms with van der Waals surface area (Å²) in [4.78, 5) is 32.9. The van der Waals surface area contributed by atoms with E-state index in [2.05, 4.69) is 10.3 Å². The van der Waals surface area contributed by atoms with E-state index in [-0.39, 0.29) is 42.8 Å². The maximum absolute atomic E-state index is 16.4. The van der Waals surface area contributed by atoms with Crippen LogP contribution in [0.3, 0.4) is 0 Å². The van der Waals surface area contributed by atoms with Crippen molar-refractivity contribution in [2.75, 3.05) is 31.1 Å². The summed E-state index contributed by atoms with van der Waals surface area (Å²) in [6, 6.07) is 6.97. The van der Waals surface area contributed by atoms with Crippen molar-refractivity contribution in [2.45, 2.75) is 57.1 Å². The number of amides is 2. The standard InChI is InChI=1S/C26H29F4N5O3/c1-24(2,3)38-23(37)34-10-8-25(27,15-34)22(36)35(18-11-17(13-32-14-18)26(28,29)30)20-7-6-16(12-31)21-19(20)5-4-9-33-21/h4-7,9,17-18,32H,8,10-11,13-15H2,1-3H3/t17-,18-,25-/m0/s1. The van der Waals surface area contributed by atoms with Crippen LogP contribution < -0.4 is 10.2 Å². The molecule has 1 aromatic heterocycles. The van der Waals surface area contributed by atoms with Crippen LogP contribution in [0.15, 0.2) is 30.5 Å². The van der Waals surface area contributed by atoms with Crippen LogP contribution in [0.1, 0.15) is 39.2 Å². The van der Waals surface area contributed by atoms with Crippen molar-refractivity contribution >= 4 is 28.6 Å². The Morgan fingerprint density at radius 3 is 2.63 bits per heavy atom. The highest BCUT2D eigenvalue weighted by Gasteiger charge is 2.52. The van der Waals surface area contributed by atoms with E-state index in [0.717, 1.165) is 9.80 Å². The van der Waals surface area contributed by atoms with E-state index in [9.17, 15) is 28.0 Å². The van der Waals surface area contributed by atoms with Crippen LogP contribution in [0.5, 0.6) is 0 Å². The Kier molecular flexibility index (Phi) is 7.27. The van der Waals surface area contributed by atoms with Crippen molar-refractivity contribution in [3.63, 3.8) is 0 Å². The summed E-state index contributed by atoms with van der Waals surface area (Å²) < 4.78 is 62.7. The van der Waals surface area contributed by atoms with Gasteiger partial charge in [-0.15, -0.1) is 0 Å². The van der Waals surface area contributed by atoms with Crippen LogP contribution >= 0.6 is 0 Å². The zero-order valence-corrected chi connectivity index (χ0v) is 21.3. The predicted molar refractivity (Wildman–Crippen MR) is 131 cm³/mol. The molecule has 1 N–H and O–H groups in total. The van der Waals surface area contributed by atoms with E-state index in [1.807, 2.05) is 6.07 Å². The molecule has 2 fully saturated rings. The number of rotatable bonds is 3. The topological polar surface area (TPSA) is 98.6 Å². The number of carbonyl (C=O) groups is 2. The Labute approximate surface area is 217 Å². The highest BCUT2D eigenvalue weighted by atomic mass is 19.4. The second kappa shape index (κ2) is 10.0. The van der Waals surface area contributed by atoms with Gasteiger partial charge in [0.25, 0.3) is 5.91 Å². The molecule has 0 saturated carbocycles. The number of benzene rings is 1. The van der Waals surface area contributed by atoms with Gasteiger partial charge in [-0.1, -0.05) is 0 Å². The van der Waals surface area contributed by atoms with Gasteiger partial charge in [-0.3, -0.25) is 9.78 Å². The van der Waals surface area contributed by atoms with Crippen molar-refractivity contribution in [2.24, 2.45) is 5.92 Å². The summed E-state index contributed by atoms with van der Waals surface area (Å²) >= 11 is 0. The fourth-order valence-corrected chi connectivity index (χ4v) is 4.94. The number of nitrogens with one attached hydrogen (secondary N) is 1. The summed E-state index contributed by atoms with van der Waals surface area (Å²) in [5, 5.41) is 12.6. The molecule has 3 atom stereocenters. The third-order valence-electron chi connectivity index (χ3n) is 6.76. The molecule has 204 valence electrons. The Hall–Kier alpha value is -3.46. The number of alkyl halides is 4. The van der Waals surface area contributed by atoms with Gasteiger partial charge in [0.05, 0.1) is 35.3 Å². The zero-order chi connectivity index (χ0) is 27.9. The third kappa shape index (κ3) is 5.53. The van der Waals surface area contributed by atoms with Crippen LogP contribution in [0.4, 0.5) is 28.0 Å². The van der Waals surface area contributed by atoms with Gasteiger partial charge in [-0.25, -0.2) is 9.18 Å². The smallest absolute Gasteiger partial charge is 0.410 e. The first-order valence-corrected chi connectivity index (χ1v) is 12.3. The minimum atomic E-state index is -4.51. The predicted octanol–water partition coefficient (Wildman–Crippen LogP) is 4.33. The first-order valence-electron chi connectivity index (χ1n) is 12.3. The molecule has 2 amide bonds. The monoisotopic (exact) mass is 535 g/mol. The molecule has 0 bridgehead atoms. The molecule has 2 saturated heterocycles. The number of piperidine rings is 1. The van der Waals surface area contributed by atoms with E-state index in [0.29, 0.717) is 5.39 Å². The number of halogens is 4. The molecule has 0 unspecified atom stereocenters. The van der Waals surface area contributed by atoms with Gasteiger partial charge in [-0.05, 0) is 51.5 Å². The van der Waals surface area contributed by atoms with Gasteiger partial charge < -0.3 is 19.9 Å². The van der Waals surface area contributed by atoms with Gasteiger partial charge in [0.15, 0.2) is 0 Å². The van der Waals surface area contributed by atoms with Crippen molar-refractivity contribution in [3.05, 3.63) is 36.0 Å². The molecule has 8 nitrogen and oxygen atoms in total. The lowest BCUT2D eigenvalue weighted by Crippen LogP contribution is -2.58. The number of anilines is 1. The summed E-state index contributed by atoms with van der Waals surface area (Å²) in [6.07, 6.45) is -4.61. The number of likely N-dealkylation sites (tertiary alicyclic amines) is 1. The molecule has 2 aromatic rings. The molecule has 3 heterocycles. The molecular weight excluding hydrogens is 506 g/mol. The summed E-state index contributed by atoms with van der Waals surface area (Å²) in [5.41, 5.74) is -2.78. The molecule has 2 aliphatic rings. The molecule has 0 spiro atoms. The summed E-state index contributed by atoms with van der Waals surface area (Å²) in [5.74, 6) is -2.79. The number of nitrogens with zero attached hydrogens (tertiary/aromatic N) is 4. The average molecular weight is 536 g/mol. The summed E-state index contributed by atoms with van der Waals surface area (Å²) in [6.45, 7) is 3.99. The van der Waals surface area contributed by atoms with E-state index >= 15 is 4.39 Å². The van der Waals surface area contributed by atoms with Crippen LogP contribution in [-0.2, 0) is 9.53 Å². The summed E-state index contributed by atoms with van der Waals surface area (Å²) in [7, 11) is 0. The first-order chi connectivity index (χ1) is 17.7. The van der Waals surface area contributed by atoms with E-state index < -0.39 is 54.4 Å². The maximum atomic E-state index is 16.4. The van der Waals surface area contributed by atoms with Crippen molar-refractivity contribution < 1.29 is 31.9 Å². The largest absolute Gasteiger partial charge is 0.444 e. The second-order valence-corrected chi connectivity index (χ2v) is 10.7. The highest BCUT2D eigenvalue weighted by Crippen LogP contribution is 2.39. The molecule has 12 heteroatoms. The highest BCUT2D eigenvalue weighted by molar-refractivity contribution is 6.07. The maximum Gasteiger partial charge on any atom is 0.410 e. The van der Waals surface area contributed by atoms with Gasteiger partial charge in [-0.2, -0.15) is 18.4 Å². The zero-order valence-electron chi connectivity index (χ0n) is 21.3. The molecule has 1 aromatic carbocycles. The number of ether oxygens (including phenoxy) is 1. The van der Waals surface area contributed by atoms with Gasteiger partial charge >= 0.3 is 12.3 Å². The first kappa shape index (κ1) is 27.6. The number of hydrogen-bond donors (Lipinski definition) is 1. The van der Waals surface area contributed by atoms with Crippen LogP contribution in [-0.4, -0.2) is 71.6 Å². The number of pyridine rings is 1. The number of fused-ring (bicyclic) bond motifs is 1. The molecule has 0 aliphatic carbocycles. The fourth-order valence-electron chi connectivity index (χ4n) is 4.94. The number of aromatic nitrogens is 1. The Morgan fingerprint density at radius 1 is 1.24 bits per heavy atom. The Morgan fingerprint density at radius 2 is 1.97 bits per heavy atom. The van der Waals surface area contributed by atoms with E-state index in [1.54, 1.807) is 32.9 Å². The fraction of sp³-hybridized carbons (Fsp3) is 0.538. The van der Waals surface area contributed by atoms with Crippen molar-refractivity contribution in [1.29, 1.82) is 5.26 Å². The third-order valence-corrected chi connectivity index (χ3v) is 6.76. The number of carbonyl (C=O) groups excluding carboxylic acids is 2. The van der Waals surface area contributed by atoms with Crippen molar-refractivity contribution in [1.82, 2.24) is 15.2 Å². The number of nitriles is 1. The molecule has 0 radical (unpaired) electrons. The minimum Gasteiger partial charge on any atom is -0.444 e. The molecular formula is C26H29F4N5O3. The Bertz CT molecular complexity index is 1270. The van der Waals surface area contributed by atoms with E-state index in [4.69, 9.17) is 4.74 Å². The quantitative estimate of drug-likeness (QED) is 0.588. The lowest BCUT2D eigenvalue weighted by Gasteiger charge is -2.41. The lowest BCUT2D eigenvalue weighted by atomic mass is 9.91. The molecule has 38 heavy (non-hydrogen) atoms. The SMILES string of the molecule is CC(C)(C)OC(=O)N1CC[C@@](F)(C(=O)N(c2ccc(C#N)c3ncccc23)[C@@H]2CNC[C@@H](C(F)(F)F)C2)C1. The normalized spacial score (nSPS) is 24.2. The van der Waals surface area contributed by atoms with Crippen molar-refractivity contribution in [3.8, 4) is 6.07 Å². The van der Waals surface area contributed by atoms with E-state index in [1.165, 1.54) is 18.3 Å². The van der Waals surface area contributed by atoms with Gasteiger partial charge in [0, 0.05) is 37.6 Å².